The van der Waals surface area contributed by atoms with Crippen molar-refractivity contribution >= 4 is 23.1 Å². The molecule has 2 amide bonds. The largest absolute Gasteiger partial charge is 0.497 e. The second kappa shape index (κ2) is 10.6. The summed E-state index contributed by atoms with van der Waals surface area (Å²) in [6.07, 6.45) is 0. The van der Waals surface area contributed by atoms with Gasteiger partial charge in [0.15, 0.2) is 0 Å². The van der Waals surface area contributed by atoms with E-state index in [1.165, 1.54) is 12.0 Å². The first-order chi connectivity index (χ1) is 16.5. The minimum atomic E-state index is -0.373. The van der Waals surface area contributed by atoms with E-state index in [0.717, 1.165) is 13.1 Å². The molecule has 9 heteroatoms. The van der Waals surface area contributed by atoms with Crippen LogP contribution >= 0.6 is 0 Å². The maximum atomic E-state index is 13.5. The van der Waals surface area contributed by atoms with Gasteiger partial charge in [-0.1, -0.05) is 12.1 Å². The van der Waals surface area contributed by atoms with Gasteiger partial charge in [0.25, 0.3) is 11.8 Å². The first-order valence-corrected chi connectivity index (χ1v) is 11.1. The molecule has 1 fully saturated rings. The Morgan fingerprint density at radius 1 is 0.853 bits per heavy atom. The molecule has 2 aliphatic rings. The highest BCUT2D eigenvalue weighted by atomic mass is 16.5. The number of carbonyl (C=O) groups excluding carboxylic acids is 2. The van der Waals surface area contributed by atoms with Crippen molar-refractivity contribution in [3.05, 3.63) is 53.7 Å². The fourth-order valence-electron chi connectivity index (χ4n) is 4.02. The molecule has 0 aromatic heterocycles. The number of amides is 2. The molecule has 34 heavy (non-hydrogen) atoms. The minimum Gasteiger partial charge on any atom is -0.497 e. The zero-order chi connectivity index (χ0) is 24.1. The Morgan fingerprint density at radius 2 is 1.53 bits per heavy atom. The molecular formula is C25H29N3O6. The molecule has 4 rings (SSSR count). The van der Waals surface area contributed by atoms with Crippen LogP contribution in [-0.2, 0) is 14.3 Å². The van der Waals surface area contributed by atoms with Crippen LogP contribution in [0.5, 0.6) is 17.2 Å². The first kappa shape index (κ1) is 23.6. The van der Waals surface area contributed by atoms with Gasteiger partial charge in [0, 0.05) is 32.2 Å². The van der Waals surface area contributed by atoms with Crippen LogP contribution in [0.15, 0.2) is 48.2 Å². The van der Waals surface area contributed by atoms with E-state index in [2.05, 4.69) is 10.2 Å². The van der Waals surface area contributed by atoms with Crippen LogP contribution in [0.2, 0.25) is 0 Å². The van der Waals surface area contributed by atoms with Crippen molar-refractivity contribution in [2.45, 2.75) is 0 Å². The van der Waals surface area contributed by atoms with E-state index in [1.54, 1.807) is 56.7 Å². The predicted octanol–water partition coefficient (Wildman–Crippen LogP) is 2.24. The number of nitrogens with zero attached hydrogens (tertiary/aromatic N) is 2. The number of anilines is 1. The van der Waals surface area contributed by atoms with Gasteiger partial charge in [-0.05, 0) is 29.8 Å². The lowest BCUT2D eigenvalue weighted by Crippen LogP contribution is -2.43. The number of rotatable bonds is 9. The summed E-state index contributed by atoms with van der Waals surface area (Å²) in [5, 5.41) is 3.16. The lowest BCUT2D eigenvalue weighted by molar-refractivity contribution is -0.137. The van der Waals surface area contributed by atoms with Crippen molar-refractivity contribution in [1.82, 2.24) is 9.80 Å². The van der Waals surface area contributed by atoms with Gasteiger partial charge in [0.1, 0.15) is 22.9 Å². The molecule has 180 valence electrons. The van der Waals surface area contributed by atoms with Crippen LogP contribution in [0.4, 0.5) is 5.69 Å². The quantitative estimate of drug-likeness (QED) is 0.562. The Hall–Kier alpha value is -3.56. The van der Waals surface area contributed by atoms with Crippen LogP contribution in [0.25, 0.3) is 5.57 Å². The topological polar surface area (TPSA) is 89.6 Å². The highest BCUT2D eigenvalue weighted by molar-refractivity contribution is 6.36. The normalized spacial score (nSPS) is 16.7. The highest BCUT2D eigenvalue weighted by Gasteiger charge is 2.39. The number of methoxy groups -OCH3 is 3. The number of imide groups is 1. The number of nitrogens with one attached hydrogen (secondary N) is 1. The number of benzene rings is 2. The predicted molar refractivity (Wildman–Crippen MR) is 127 cm³/mol. The molecule has 0 unspecified atom stereocenters. The summed E-state index contributed by atoms with van der Waals surface area (Å²) >= 11 is 0. The molecule has 0 spiro atoms. The van der Waals surface area contributed by atoms with Crippen molar-refractivity contribution in [3.8, 4) is 17.2 Å². The summed E-state index contributed by atoms with van der Waals surface area (Å²) in [5.41, 5.74) is 1.71. The van der Waals surface area contributed by atoms with Gasteiger partial charge in [-0.25, -0.2) is 0 Å². The summed E-state index contributed by atoms with van der Waals surface area (Å²) in [6.45, 7) is 3.76. The number of morpholine rings is 1. The maximum absolute atomic E-state index is 13.5. The molecule has 2 aliphatic heterocycles. The van der Waals surface area contributed by atoms with Gasteiger partial charge >= 0.3 is 0 Å². The lowest BCUT2D eigenvalue weighted by atomic mass is 10.0. The van der Waals surface area contributed by atoms with Crippen molar-refractivity contribution in [2.75, 3.05) is 66.0 Å². The second-order valence-corrected chi connectivity index (χ2v) is 7.89. The molecule has 0 saturated carbocycles. The third-order valence-corrected chi connectivity index (χ3v) is 5.96. The Bertz CT molecular complexity index is 1080. The van der Waals surface area contributed by atoms with Crippen molar-refractivity contribution < 1.29 is 28.5 Å². The summed E-state index contributed by atoms with van der Waals surface area (Å²) in [7, 11) is 4.68. The number of hydrogen-bond acceptors (Lipinski definition) is 8. The summed E-state index contributed by atoms with van der Waals surface area (Å²) in [6, 6.07) is 12.3. The fraction of sp³-hybridized carbons (Fsp3) is 0.360. The van der Waals surface area contributed by atoms with Crippen molar-refractivity contribution in [3.63, 3.8) is 0 Å². The van der Waals surface area contributed by atoms with E-state index in [1.807, 2.05) is 0 Å². The van der Waals surface area contributed by atoms with E-state index >= 15 is 0 Å². The molecule has 1 N–H and O–H groups in total. The van der Waals surface area contributed by atoms with E-state index in [0.29, 0.717) is 60.4 Å². The van der Waals surface area contributed by atoms with E-state index in [-0.39, 0.29) is 17.5 Å². The van der Waals surface area contributed by atoms with Crippen molar-refractivity contribution in [1.29, 1.82) is 0 Å². The molecule has 0 aliphatic carbocycles. The fourth-order valence-corrected chi connectivity index (χ4v) is 4.02. The third kappa shape index (κ3) is 4.85. The van der Waals surface area contributed by atoms with Crippen LogP contribution in [0, 0.1) is 0 Å². The van der Waals surface area contributed by atoms with E-state index < -0.39 is 0 Å². The SMILES string of the molecule is COc1ccc(C2=C(Nc3ccc(OC)cc3OC)C(=O)N(CCN3CCOCC3)C2=O)cc1. The molecule has 0 bridgehead atoms. The Morgan fingerprint density at radius 3 is 2.18 bits per heavy atom. The van der Waals surface area contributed by atoms with E-state index in [4.69, 9.17) is 18.9 Å². The summed E-state index contributed by atoms with van der Waals surface area (Å²) in [4.78, 5) is 30.4. The number of carbonyl (C=O) groups is 2. The minimum absolute atomic E-state index is 0.209. The Balaban J connectivity index is 1.66. The van der Waals surface area contributed by atoms with Crippen LogP contribution in [0.1, 0.15) is 5.56 Å². The molecular weight excluding hydrogens is 438 g/mol. The number of hydrogen-bond donors (Lipinski definition) is 1. The third-order valence-electron chi connectivity index (χ3n) is 5.96. The van der Waals surface area contributed by atoms with Crippen molar-refractivity contribution in [2.24, 2.45) is 0 Å². The monoisotopic (exact) mass is 467 g/mol. The molecule has 0 atom stereocenters. The van der Waals surface area contributed by atoms with E-state index in [9.17, 15) is 9.59 Å². The zero-order valence-electron chi connectivity index (χ0n) is 19.6. The van der Waals surface area contributed by atoms with Gasteiger partial charge in [-0.3, -0.25) is 19.4 Å². The first-order valence-electron chi connectivity index (χ1n) is 11.1. The van der Waals surface area contributed by atoms with Gasteiger partial charge in [0.05, 0.1) is 45.8 Å². The molecule has 9 nitrogen and oxygen atoms in total. The average molecular weight is 468 g/mol. The Kier molecular flexibility index (Phi) is 7.34. The molecule has 2 aromatic carbocycles. The van der Waals surface area contributed by atoms with Gasteiger partial charge in [0.2, 0.25) is 0 Å². The lowest BCUT2D eigenvalue weighted by Gasteiger charge is -2.28. The highest BCUT2D eigenvalue weighted by Crippen LogP contribution is 2.35. The summed E-state index contributed by atoms with van der Waals surface area (Å²) < 4.78 is 21.4. The van der Waals surface area contributed by atoms with Crippen LogP contribution < -0.4 is 19.5 Å². The zero-order valence-corrected chi connectivity index (χ0v) is 19.6. The second-order valence-electron chi connectivity index (χ2n) is 7.89. The maximum Gasteiger partial charge on any atom is 0.278 e. The number of ether oxygens (including phenoxy) is 4. The van der Waals surface area contributed by atoms with Crippen LogP contribution in [-0.4, -0.2) is 82.3 Å². The van der Waals surface area contributed by atoms with Gasteiger partial charge < -0.3 is 24.3 Å². The van der Waals surface area contributed by atoms with Gasteiger partial charge in [-0.2, -0.15) is 0 Å². The molecule has 2 heterocycles. The smallest absolute Gasteiger partial charge is 0.278 e. The molecule has 1 saturated heterocycles. The average Bonchev–Trinajstić information content (AvgIpc) is 3.12. The van der Waals surface area contributed by atoms with Gasteiger partial charge in [-0.15, -0.1) is 0 Å². The Labute approximate surface area is 198 Å². The van der Waals surface area contributed by atoms with Crippen LogP contribution in [0.3, 0.4) is 0 Å². The molecule has 2 aromatic rings. The molecule has 0 radical (unpaired) electrons. The summed E-state index contributed by atoms with van der Waals surface area (Å²) in [5.74, 6) is 1.07. The standard InChI is InChI=1S/C25H29N3O6/c1-31-18-6-4-17(5-7-18)22-23(26-20-9-8-19(32-2)16-21(20)33-3)25(30)28(24(22)29)11-10-27-12-14-34-15-13-27/h4-9,16,26H,10-15H2,1-3H3.